The molecule has 0 bridgehead atoms. The zero-order valence-electron chi connectivity index (χ0n) is 17.0. The van der Waals surface area contributed by atoms with E-state index in [2.05, 4.69) is 10.1 Å². The van der Waals surface area contributed by atoms with Gasteiger partial charge in [-0.05, 0) is 37.0 Å². The summed E-state index contributed by atoms with van der Waals surface area (Å²) in [5.74, 6) is 0.152. The van der Waals surface area contributed by atoms with Crippen molar-refractivity contribution >= 4 is 5.91 Å². The van der Waals surface area contributed by atoms with E-state index in [0.717, 1.165) is 11.6 Å². The fourth-order valence-electron chi connectivity index (χ4n) is 3.82. The van der Waals surface area contributed by atoms with Gasteiger partial charge in [-0.25, -0.2) is 0 Å². The number of carbonyl (C=O) groups excluding carboxylic acids is 1. The van der Waals surface area contributed by atoms with Crippen LogP contribution in [-0.2, 0) is 29.4 Å². The number of carbonyl (C=O) groups is 1. The summed E-state index contributed by atoms with van der Waals surface area (Å²) >= 11 is 0. The zero-order valence-corrected chi connectivity index (χ0v) is 17.0. The van der Waals surface area contributed by atoms with E-state index in [-0.39, 0.29) is 29.6 Å². The Bertz CT molecular complexity index is 1060. The van der Waals surface area contributed by atoms with Gasteiger partial charge < -0.3 is 9.42 Å². The van der Waals surface area contributed by atoms with Gasteiger partial charge in [0, 0.05) is 13.1 Å². The van der Waals surface area contributed by atoms with Crippen LogP contribution in [0.2, 0.25) is 0 Å². The van der Waals surface area contributed by atoms with Gasteiger partial charge in [0.25, 0.3) is 0 Å². The van der Waals surface area contributed by atoms with Gasteiger partial charge in [-0.3, -0.25) is 4.79 Å². The second-order valence-electron chi connectivity index (χ2n) is 7.71. The molecule has 1 heterocycles. The van der Waals surface area contributed by atoms with Crippen molar-refractivity contribution in [1.29, 1.82) is 0 Å². The van der Waals surface area contributed by atoms with Gasteiger partial charge in [-0.2, -0.15) is 18.2 Å². The number of amides is 1. The maximum atomic E-state index is 13.5. The highest BCUT2D eigenvalue weighted by atomic mass is 19.4. The van der Waals surface area contributed by atoms with Crippen LogP contribution in [0.4, 0.5) is 13.2 Å². The molecule has 1 saturated carbocycles. The van der Waals surface area contributed by atoms with Crippen molar-refractivity contribution in [3.05, 3.63) is 83.0 Å². The van der Waals surface area contributed by atoms with Gasteiger partial charge in [-0.15, -0.1) is 0 Å². The first-order chi connectivity index (χ1) is 14.8. The Labute approximate surface area is 177 Å². The van der Waals surface area contributed by atoms with Crippen LogP contribution in [0.1, 0.15) is 48.2 Å². The van der Waals surface area contributed by atoms with E-state index in [4.69, 9.17) is 4.52 Å². The van der Waals surface area contributed by atoms with Gasteiger partial charge in [-0.1, -0.05) is 53.7 Å². The third kappa shape index (κ3) is 4.33. The average molecular weight is 429 g/mol. The van der Waals surface area contributed by atoms with Gasteiger partial charge >= 0.3 is 6.18 Å². The number of alkyl halides is 3. The first-order valence-electron chi connectivity index (χ1n) is 10.1. The fraction of sp³-hybridized carbons (Fsp3) is 0.348. The quantitative estimate of drug-likeness (QED) is 0.543. The molecule has 0 aliphatic heterocycles. The molecule has 0 spiro atoms. The van der Waals surface area contributed by atoms with Crippen molar-refractivity contribution in [3.63, 3.8) is 0 Å². The van der Waals surface area contributed by atoms with Gasteiger partial charge in [0.1, 0.15) is 0 Å². The van der Waals surface area contributed by atoms with Crippen LogP contribution in [0.5, 0.6) is 0 Å². The number of rotatable bonds is 7. The molecule has 8 heteroatoms. The highest BCUT2D eigenvalue weighted by Gasteiger charge is 2.54. The number of aromatic nitrogens is 2. The molecule has 0 atom stereocenters. The first-order valence-corrected chi connectivity index (χ1v) is 10.1. The molecule has 162 valence electrons. The van der Waals surface area contributed by atoms with Crippen molar-refractivity contribution < 1.29 is 22.5 Å². The largest absolute Gasteiger partial charge is 0.416 e. The topological polar surface area (TPSA) is 59.2 Å². The van der Waals surface area contributed by atoms with Crippen molar-refractivity contribution in [2.45, 2.75) is 44.3 Å². The summed E-state index contributed by atoms with van der Waals surface area (Å²) in [7, 11) is 0. The Morgan fingerprint density at radius 3 is 2.42 bits per heavy atom. The summed E-state index contributed by atoms with van der Waals surface area (Å²) in [5, 5.41) is 3.89. The van der Waals surface area contributed by atoms with Gasteiger partial charge in [0.2, 0.25) is 11.8 Å². The summed E-state index contributed by atoms with van der Waals surface area (Å²) in [6, 6.07) is 15.1. The molecule has 1 aliphatic carbocycles. The maximum absolute atomic E-state index is 13.5. The predicted molar refractivity (Wildman–Crippen MR) is 107 cm³/mol. The number of hydrogen-bond donors (Lipinski definition) is 0. The van der Waals surface area contributed by atoms with Crippen molar-refractivity contribution in [2.75, 3.05) is 6.54 Å². The summed E-state index contributed by atoms with van der Waals surface area (Å²) in [4.78, 5) is 18.7. The summed E-state index contributed by atoms with van der Waals surface area (Å²) in [6.45, 7) is 2.86. The van der Waals surface area contributed by atoms with E-state index >= 15 is 0 Å². The number of benzene rings is 2. The van der Waals surface area contributed by atoms with Crippen molar-refractivity contribution in [2.24, 2.45) is 0 Å². The monoisotopic (exact) mass is 429 g/mol. The molecule has 0 unspecified atom stereocenters. The van der Waals surface area contributed by atoms with Crippen molar-refractivity contribution in [1.82, 2.24) is 15.0 Å². The molecule has 1 aromatic heterocycles. The number of halogens is 3. The Kier molecular flexibility index (Phi) is 5.56. The molecule has 0 radical (unpaired) electrons. The molecular formula is C23H22F3N3O2. The van der Waals surface area contributed by atoms with E-state index < -0.39 is 17.2 Å². The Morgan fingerprint density at radius 1 is 1.10 bits per heavy atom. The lowest BCUT2D eigenvalue weighted by molar-refractivity contribution is -0.138. The fourth-order valence-corrected chi connectivity index (χ4v) is 3.82. The molecular weight excluding hydrogens is 407 g/mol. The summed E-state index contributed by atoms with van der Waals surface area (Å²) < 4.78 is 45.8. The molecule has 0 saturated heterocycles. The van der Waals surface area contributed by atoms with Gasteiger partial charge in [0.05, 0.1) is 17.4 Å². The second-order valence-corrected chi connectivity index (χ2v) is 7.71. The van der Waals surface area contributed by atoms with Crippen LogP contribution in [0.15, 0.2) is 59.1 Å². The molecule has 4 rings (SSSR count). The highest BCUT2D eigenvalue weighted by molar-refractivity contribution is 5.77. The minimum atomic E-state index is -4.47. The normalized spacial score (nSPS) is 15.0. The minimum Gasteiger partial charge on any atom is -0.338 e. The molecule has 1 fully saturated rings. The van der Waals surface area contributed by atoms with E-state index in [1.807, 2.05) is 37.3 Å². The van der Waals surface area contributed by atoms with Crippen LogP contribution in [-0.4, -0.2) is 27.5 Å². The van der Waals surface area contributed by atoms with E-state index in [0.29, 0.717) is 25.9 Å². The van der Waals surface area contributed by atoms with Crippen LogP contribution in [0, 0.1) is 0 Å². The third-order valence-corrected chi connectivity index (χ3v) is 5.64. The second kappa shape index (κ2) is 8.17. The molecule has 1 aliphatic rings. The highest BCUT2D eigenvalue weighted by Crippen LogP contribution is 2.55. The average Bonchev–Trinajstić information content (AvgIpc) is 3.44. The van der Waals surface area contributed by atoms with E-state index in [1.165, 1.54) is 12.1 Å². The van der Waals surface area contributed by atoms with Crippen LogP contribution in [0.25, 0.3) is 0 Å². The molecule has 1 amide bonds. The predicted octanol–water partition coefficient (Wildman–Crippen LogP) is 4.76. The minimum absolute atomic E-state index is 0.0683. The molecule has 5 nitrogen and oxygen atoms in total. The lowest BCUT2D eigenvalue weighted by Gasteiger charge is -2.20. The molecule has 2 aromatic carbocycles. The number of nitrogens with zero attached hydrogens (tertiary/aromatic N) is 3. The smallest absolute Gasteiger partial charge is 0.338 e. The number of likely N-dealkylation sites (N-methyl/N-ethyl adjacent to an activating group) is 1. The first kappa shape index (κ1) is 21.1. The summed E-state index contributed by atoms with van der Waals surface area (Å²) in [6.07, 6.45) is -3.55. The third-order valence-electron chi connectivity index (χ3n) is 5.64. The Balaban J connectivity index is 1.52. The van der Waals surface area contributed by atoms with E-state index in [9.17, 15) is 18.0 Å². The van der Waals surface area contributed by atoms with Gasteiger partial charge in [0.15, 0.2) is 5.82 Å². The number of hydrogen-bond acceptors (Lipinski definition) is 4. The van der Waals surface area contributed by atoms with Crippen molar-refractivity contribution in [3.8, 4) is 0 Å². The Hall–Kier alpha value is -3.16. The lowest BCUT2D eigenvalue weighted by atomic mass is 9.91. The van der Waals surface area contributed by atoms with Crippen LogP contribution < -0.4 is 0 Å². The molecule has 31 heavy (non-hydrogen) atoms. The van der Waals surface area contributed by atoms with Crippen LogP contribution in [0.3, 0.4) is 0 Å². The standard InChI is InChI=1S/C23H22F3N3O2/c1-2-29(15-16-8-4-3-5-9-16)20(30)14-19-27-21(31-28-19)22(12-13-22)17-10-6-7-11-18(17)23(24,25)26/h3-11H,2,12-15H2,1H3. The zero-order chi connectivity index (χ0) is 22.1. The summed E-state index contributed by atoms with van der Waals surface area (Å²) in [5.41, 5.74) is -0.478. The van der Waals surface area contributed by atoms with Crippen LogP contribution >= 0.6 is 0 Å². The maximum Gasteiger partial charge on any atom is 0.416 e. The Morgan fingerprint density at radius 2 is 1.77 bits per heavy atom. The van der Waals surface area contributed by atoms with E-state index in [1.54, 1.807) is 11.0 Å². The lowest BCUT2D eigenvalue weighted by Crippen LogP contribution is -2.31. The SMILES string of the molecule is CCN(Cc1ccccc1)C(=O)Cc1noc(C2(c3ccccc3C(F)(F)F)CC2)n1. The molecule has 3 aromatic rings. The molecule has 0 N–H and O–H groups in total.